The van der Waals surface area contributed by atoms with E-state index in [0.717, 1.165) is 16.7 Å². The predicted molar refractivity (Wildman–Crippen MR) is 133 cm³/mol. The third-order valence-corrected chi connectivity index (χ3v) is 6.14. The highest BCUT2D eigenvalue weighted by Crippen LogP contribution is 2.30. The number of anilines is 1. The number of aromatic nitrogens is 1. The van der Waals surface area contributed by atoms with E-state index in [-0.39, 0.29) is 16.9 Å². The molecule has 4 rings (SSSR count). The highest BCUT2D eigenvalue weighted by molar-refractivity contribution is 7.14. The second-order valence-corrected chi connectivity index (χ2v) is 9.61. The molecule has 3 aromatic carbocycles. The summed E-state index contributed by atoms with van der Waals surface area (Å²) >= 11 is 1.32. The third kappa shape index (κ3) is 5.02. The van der Waals surface area contributed by atoms with Crippen molar-refractivity contribution in [1.29, 1.82) is 0 Å². The molecular formula is C27H24N2O3S. The molecule has 5 nitrogen and oxygen atoms in total. The molecule has 0 fully saturated rings. The number of amides is 1. The number of hydrogen-bond acceptors (Lipinski definition) is 4. The summed E-state index contributed by atoms with van der Waals surface area (Å²) in [4.78, 5) is 28.6. The van der Waals surface area contributed by atoms with Gasteiger partial charge in [0.1, 0.15) is 0 Å². The Kier molecular flexibility index (Phi) is 6.11. The van der Waals surface area contributed by atoms with Crippen LogP contribution in [0.25, 0.3) is 22.4 Å². The summed E-state index contributed by atoms with van der Waals surface area (Å²) in [6.45, 7) is 6.52. The molecule has 4 aromatic rings. The van der Waals surface area contributed by atoms with E-state index in [9.17, 15) is 9.59 Å². The first kappa shape index (κ1) is 22.4. The maximum Gasteiger partial charge on any atom is 0.335 e. The Bertz CT molecular complexity index is 1300. The SMILES string of the molecule is CC(C)(C)c1ccc(-c2ccccc2C(=O)Nc2nc(-c3ccc(C(=O)O)cc3)cs2)cc1. The van der Waals surface area contributed by atoms with Gasteiger partial charge in [0, 0.05) is 16.5 Å². The van der Waals surface area contributed by atoms with Crippen LogP contribution in [-0.4, -0.2) is 22.0 Å². The molecule has 0 spiro atoms. The summed E-state index contributed by atoms with van der Waals surface area (Å²) in [6.07, 6.45) is 0. The molecular weight excluding hydrogens is 432 g/mol. The van der Waals surface area contributed by atoms with Gasteiger partial charge in [0.2, 0.25) is 0 Å². The van der Waals surface area contributed by atoms with Crippen molar-refractivity contribution in [2.75, 3.05) is 5.32 Å². The van der Waals surface area contributed by atoms with Crippen LogP contribution in [0.3, 0.4) is 0 Å². The van der Waals surface area contributed by atoms with Crippen molar-refractivity contribution in [2.45, 2.75) is 26.2 Å². The number of nitrogens with one attached hydrogen (secondary N) is 1. The van der Waals surface area contributed by atoms with Gasteiger partial charge in [-0.25, -0.2) is 9.78 Å². The monoisotopic (exact) mass is 456 g/mol. The van der Waals surface area contributed by atoms with Gasteiger partial charge in [-0.15, -0.1) is 11.3 Å². The number of rotatable bonds is 5. The van der Waals surface area contributed by atoms with E-state index < -0.39 is 5.97 Å². The number of carbonyl (C=O) groups excluding carboxylic acids is 1. The topological polar surface area (TPSA) is 79.3 Å². The Labute approximate surface area is 196 Å². The van der Waals surface area contributed by atoms with E-state index in [1.807, 2.05) is 29.6 Å². The van der Waals surface area contributed by atoms with Crippen LogP contribution in [-0.2, 0) is 5.41 Å². The van der Waals surface area contributed by atoms with Gasteiger partial charge < -0.3 is 5.11 Å². The van der Waals surface area contributed by atoms with E-state index >= 15 is 0 Å². The van der Waals surface area contributed by atoms with Crippen LogP contribution in [0.1, 0.15) is 47.1 Å². The van der Waals surface area contributed by atoms with Crippen LogP contribution in [0.15, 0.2) is 78.2 Å². The molecule has 0 aliphatic rings. The van der Waals surface area contributed by atoms with E-state index in [2.05, 4.69) is 55.3 Å². The summed E-state index contributed by atoms with van der Waals surface area (Å²) in [5, 5.41) is 14.3. The van der Waals surface area contributed by atoms with Crippen LogP contribution >= 0.6 is 11.3 Å². The minimum absolute atomic E-state index is 0.0614. The van der Waals surface area contributed by atoms with Gasteiger partial charge in [-0.3, -0.25) is 10.1 Å². The Morgan fingerprint density at radius 2 is 1.52 bits per heavy atom. The number of nitrogens with zero attached hydrogens (tertiary/aromatic N) is 1. The molecule has 2 N–H and O–H groups in total. The normalized spacial score (nSPS) is 11.2. The molecule has 1 heterocycles. The number of thiazole rings is 1. The zero-order valence-corrected chi connectivity index (χ0v) is 19.4. The van der Waals surface area contributed by atoms with Gasteiger partial charge in [0.05, 0.1) is 11.3 Å². The van der Waals surface area contributed by atoms with E-state index in [4.69, 9.17) is 5.11 Å². The molecule has 0 saturated heterocycles. The zero-order chi connectivity index (χ0) is 23.6. The second-order valence-electron chi connectivity index (χ2n) is 8.75. The fraction of sp³-hybridized carbons (Fsp3) is 0.148. The maximum atomic E-state index is 13.1. The standard InChI is InChI=1S/C27H24N2O3S/c1-27(2,3)20-14-12-17(13-15-20)21-6-4-5-7-22(21)24(30)29-26-28-23(16-33-26)18-8-10-19(11-9-18)25(31)32/h4-16H,1-3H3,(H,31,32)(H,28,29,30). The summed E-state index contributed by atoms with van der Waals surface area (Å²) in [6, 6.07) is 22.3. The molecule has 6 heteroatoms. The number of carbonyl (C=O) groups is 2. The number of carboxylic acids is 1. The average Bonchev–Trinajstić information content (AvgIpc) is 3.27. The van der Waals surface area contributed by atoms with E-state index in [1.165, 1.54) is 29.0 Å². The summed E-state index contributed by atoms with van der Waals surface area (Å²) in [5.74, 6) is -1.20. The lowest BCUT2D eigenvalue weighted by molar-refractivity contribution is 0.0696. The average molecular weight is 457 g/mol. The minimum atomic E-state index is -0.973. The maximum absolute atomic E-state index is 13.1. The molecule has 33 heavy (non-hydrogen) atoms. The Hall–Kier alpha value is -3.77. The molecule has 0 saturated carbocycles. The second kappa shape index (κ2) is 9.00. The van der Waals surface area contributed by atoms with Crippen LogP contribution in [0, 0.1) is 0 Å². The quantitative estimate of drug-likeness (QED) is 0.349. The van der Waals surface area contributed by atoms with Crippen LogP contribution in [0.4, 0.5) is 5.13 Å². The van der Waals surface area contributed by atoms with Crippen molar-refractivity contribution in [3.63, 3.8) is 0 Å². The lowest BCUT2D eigenvalue weighted by Gasteiger charge is -2.19. The van der Waals surface area contributed by atoms with Gasteiger partial charge in [-0.05, 0) is 40.3 Å². The molecule has 0 unspecified atom stereocenters. The van der Waals surface area contributed by atoms with Crippen molar-refractivity contribution >= 4 is 28.3 Å². The Morgan fingerprint density at radius 3 is 2.15 bits per heavy atom. The van der Waals surface area contributed by atoms with Crippen LogP contribution in [0.5, 0.6) is 0 Å². The van der Waals surface area contributed by atoms with Gasteiger partial charge in [0.15, 0.2) is 5.13 Å². The first-order chi connectivity index (χ1) is 15.7. The molecule has 1 aromatic heterocycles. The smallest absolute Gasteiger partial charge is 0.335 e. The fourth-order valence-electron chi connectivity index (χ4n) is 3.49. The lowest BCUT2D eigenvalue weighted by atomic mass is 9.86. The third-order valence-electron chi connectivity index (χ3n) is 5.39. The van der Waals surface area contributed by atoms with Crippen LogP contribution < -0.4 is 5.32 Å². The number of carboxylic acid groups (broad SMARTS) is 1. The largest absolute Gasteiger partial charge is 0.478 e. The van der Waals surface area contributed by atoms with Gasteiger partial charge in [-0.1, -0.05) is 75.4 Å². The van der Waals surface area contributed by atoms with Crippen molar-refractivity contribution in [3.05, 3.63) is 94.9 Å². The highest BCUT2D eigenvalue weighted by atomic mass is 32.1. The van der Waals surface area contributed by atoms with E-state index in [0.29, 0.717) is 16.4 Å². The van der Waals surface area contributed by atoms with Crippen LogP contribution in [0.2, 0.25) is 0 Å². The van der Waals surface area contributed by atoms with Crippen molar-refractivity contribution in [2.24, 2.45) is 0 Å². The molecule has 0 aliphatic heterocycles. The summed E-state index contributed by atoms with van der Waals surface area (Å²) < 4.78 is 0. The molecule has 0 aliphatic carbocycles. The van der Waals surface area contributed by atoms with Gasteiger partial charge in [0.25, 0.3) is 5.91 Å². The Morgan fingerprint density at radius 1 is 0.879 bits per heavy atom. The van der Waals surface area contributed by atoms with Gasteiger partial charge in [-0.2, -0.15) is 0 Å². The van der Waals surface area contributed by atoms with Crippen molar-refractivity contribution < 1.29 is 14.7 Å². The zero-order valence-electron chi connectivity index (χ0n) is 18.6. The summed E-state index contributed by atoms with van der Waals surface area (Å²) in [7, 11) is 0. The first-order valence-corrected chi connectivity index (χ1v) is 11.4. The van der Waals surface area contributed by atoms with Crippen molar-refractivity contribution in [1.82, 2.24) is 4.98 Å². The molecule has 1 amide bonds. The number of benzene rings is 3. The number of aromatic carboxylic acids is 1. The van der Waals surface area contributed by atoms with Gasteiger partial charge >= 0.3 is 5.97 Å². The molecule has 0 bridgehead atoms. The fourth-order valence-corrected chi connectivity index (χ4v) is 4.21. The molecule has 0 atom stereocenters. The molecule has 166 valence electrons. The highest BCUT2D eigenvalue weighted by Gasteiger charge is 2.17. The first-order valence-electron chi connectivity index (χ1n) is 10.5. The summed E-state index contributed by atoms with van der Waals surface area (Å²) in [5.41, 5.74) is 5.39. The number of hydrogen-bond donors (Lipinski definition) is 2. The predicted octanol–water partition coefficient (Wildman–Crippen LogP) is 6.73. The minimum Gasteiger partial charge on any atom is -0.478 e. The lowest BCUT2D eigenvalue weighted by Crippen LogP contribution is -2.13. The van der Waals surface area contributed by atoms with Crippen molar-refractivity contribution in [3.8, 4) is 22.4 Å². The van der Waals surface area contributed by atoms with E-state index in [1.54, 1.807) is 12.1 Å². The molecule has 0 radical (unpaired) electrons. The Balaban J connectivity index is 1.55.